The van der Waals surface area contributed by atoms with Crippen LogP contribution in [0.4, 0.5) is 4.39 Å². The van der Waals surface area contributed by atoms with E-state index in [4.69, 9.17) is 12.2 Å². The summed E-state index contributed by atoms with van der Waals surface area (Å²) in [7, 11) is 0. The standard InChI is InChI=1S/C15H18FIN2S/c1-15(5-3-2-4-6-15)9-19-13-7-10(16)11(17)8-12(13)18-14(19)20/h7-8H,2-6,9H2,1H3,(H,18,20). The molecule has 2 nitrogen and oxygen atoms in total. The third-order valence-electron chi connectivity index (χ3n) is 4.42. The van der Waals surface area contributed by atoms with Crippen molar-refractivity contribution in [3.63, 3.8) is 0 Å². The molecule has 20 heavy (non-hydrogen) atoms. The van der Waals surface area contributed by atoms with Crippen LogP contribution in [0.3, 0.4) is 0 Å². The van der Waals surface area contributed by atoms with Crippen LogP contribution >= 0.6 is 34.8 Å². The van der Waals surface area contributed by atoms with Gasteiger partial charge in [-0.25, -0.2) is 4.39 Å². The van der Waals surface area contributed by atoms with Crippen LogP contribution < -0.4 is 0 Å². The Kier molecular flexibility index (Phi) is 3.92. The van der Waals surface area contributed by atoms with E-state index in [0.717, 1.165) is 17.6 Å². The van der Waals surface area contributed by atoms with Crippen LogP contribution in [0.15, 0.2) is 12.1 Å². The van der Waals surface area contributed by atoms with Gasteiger partial charge >= 0.3 is 0 Å². The van der Waals surface area contributed by atoms with E-state index in [9.17, 15) is 4.39 Å². The van der Waals surface area contributed by atoms with Gasteiger partial charge in [0.1, 0.15) is 5.82 Å². The van der Waals surface area contributed by atoms with Crippen molar-refractivity contribution in [2.45, 2.75) is 45.6 Å². The Morgan fingerprint density at radius 1 is 1.35 bits per heavy atom. The fourth-order valence-electron chi connectivity index (χ4n) is 3.25. The topological polar surface area (TPSA) is 20.7 Å². The summed E-state index contributed by atoms with van der Waals surface area (Å²) < 4.78 is 17.3. The van der Waals surface area contributed by atoms with Gasteiger partial charge in [0.05, 0.1) is 14.6 Å². The summed E-state index contributed by atoms with van der Waals surface area (Å²) in [6, 6.07) is 3.44. The van der Waals surface area contributed by atoms with Crippen LogP contribution in [-0.4, -0.2) is 9.55 Å². The highest BCUT2D eigenvalue weighted by Gasteiger charge is 2.28. The maximum absolute atomic E-state index is 13.8. The number of aromatic nitrogens is 2. The molecular formula is C15H18FIN2S. The second-order valence-corrected chi connectivity index (χ2v) is 7.72. The zero-order valence-electron chi connectivity index (χ0n) is 11.5. The Labute approximate surface area is 136 Å². The quantitative estimate of drug-likeness (QED) is 0.524. The maximum atomic E-state index is 13.8. The van der Waals surface area contributed by atoms with Gasteiger partial charge in [0.15, 0.2) is 4.77 Å². The number of nitrogens with one attached hydrogen (secondary N) is 1. The smallest absolute Gasteiger partial charge is 0.178 e. The highest BCUT2D eigenvalue weighted by Crippen LogP contribution is 2.38. The molecule has 5 heteroatoms. The molecule has 3 rings (SSSR count). The van der Waals surface area contributed by atoms with Crippen LogP contribution in [0, 0.1) is 19.6 Å². The molecule has 0 saturated heterocycles. The Hall–Kier alpha value is -0.430. The van der Waals surface area contributed by atoms with Crippen LogP contribution in [-0.2, 0) is 6.54 Å². The second-order valence-electron chi connectivity index (χ2n) is 6.17. The first-order chi connectivity index (χ1) is 9.48. The molecule has 0 spiro atoms. The summed E-state index contributed by atoms with van der Waals surface area (Å²) in [4.78, 5) is 3.21. The van der Waals surface area contributed by atoms with Crippen LogP contribution in [0.2, 0.25) is 0 Å². The molecule has 1 aliphatic carbocycles. The number of halogens is 2. The maximum Gasteiger partial charge on any atom is 0.178 e. The Bertz CT molecular complexity index is 698. The lowest BCUT2D eigenvalue weighted by molar-refractivity contribution is 0.184. The molecule has 1 aromatic heterocycles. The van der Waals surface area contributed by atoms with Gasteiger partial charge in [0.25, 0.3) is 0 Å². The van der Waals surface area contributed by atoms with Crippen molar-refractivity contribution in [1.29, 1.82) is 0 Å². The lowest BCUT2D eigenvalue weighted by atomic mass is 9.75. The first kappa shape index (κ1) is 14.5. The normalized spacial score (nSPS) is 18.6. The van der Waals surface area contributed by atoms with Gasteiger partial charge in [-0.3, -0.25) is 0 Å². The lowest BCUT2D eigenvalue weighted by Gasteiger charge is -2.34. The number of fused-ring (bicyclic) bond motifs is 1. The van der Waals surface area contributed by atoms with E-state index in [1.807, 2.05) is 28.7 Å². The molecular weight excluding hydrogens is 386 g/mol. The van der Waals surface area contributed by atoms with Gasteiger partial charge in [0.2, 0.25) is 0 Å². The third kappa shape index (κ3) is 2.66. The van der Waals surface area contributed by atoms with Gasteiger partial charge in [-0.2, -0.15) is 0 Å². The van der Waals surface area contributed by atoms with E-state index in [0.29, 0.717) is 8.34 Å². The van der Waals surface area contributed by atoms with Crippen LogP contribution in [0.1, 0.15) is 39.0 Å². The SMILES string of the molecule is CC1(Cn2c(=S)[nH]c3cc(I)c(F)cc32)CCCCC1. The molecule has 0 radical (unpaired) electrons. The van der Waals surface area contributed by atoms with E-state index in [2.05, 4.69) is 16.5 Å². The van der Waals surface area contributed by atoms with E-state index in [-0.39, 0.29) is 11.2 Å². The minimum absolute atomic E-state index is 0.172. The first-order valence-corrected chi connectivity index (χ1v) is 8.55. The zero-order chi connectivity index (χ0) is 14.3. The molecule has 1 N–H and O–H groups in total. The first-order valence-electron chi connectivity index (χ1n) is 7.06. The van der Waals surface area contributed by atoms with Crippen molar-refractivity contribution in [3.05, 3.63) is 26.3 Å². The van der Waals surface area contributed by atoms with Crippen molar-refractivity contribution in [2.75, 3.05) is 0 Å². The van der Waals surface area contributed by atoms with Gasteiger partial charge in [-0.05, 0) is 59.1 Å². The fourth-order valence-corrected chi connectivity index (χ4v) is 3.99. The van der Waals surface area contributed by atoms with E-state index in [1.165, 1.54) is 32.1 Å². The van der Waals surface area contributed by atoms with Crippen molar-refractivity contribution < 1.29 is 4.39 Å². The number of nitrogens with zero attached hydrogens (tertiary/aromatic N) is 1. The molecule has 108 valence electrons. The van der Waals surface area contributed by atoms with Crippen molar-refractivity contribution in [3.8, 4) is 0 Å². The molecule has 1 saturated carbocycles. The van der Waals surface area contributed by atoms with Crippen molar-refractivity contribution >= 4 is 45.8 Å². The summed E-state index contributed by atoms with van der Waals surface area (Å²) in [6.45, 7) is 3.21. The number of benzene rings is 1. The molecule has 0 bridgehead atoms. The summed E-state index contributed by atoms with van der Waals surface area (Å²) in [5.74, 6) is -0.172. The highest BCUT2D eigenvalue weighted by atomic mass is 127. The molecule has 2 aromatic rings. The zero-order valence-corrected chi connectivity index (χ0v) is 14.5. The van der Waals surface area contributed by atoms with Crippen molar-refractivity contribution in [2.24, 2.45) is 5.41 Å². The second kappa shape index (κ2) is 5.40. The molecule has 0 amide bonds. The largest absolute Gasteiger partial charge is 0.331 e. The molecule has 1 aromatic carbocycles. The predicted octanol–water partition coefficient (Wildman–Crippen LogP) is 5.41. The number of hydrogen-bond donors (Lipinski definition) is 1. The lowest BCUT2D eigenvalue weighted by Crippen LogP contribution is -2.26. The number of hydrogen-bond acceptors (Lipinski definition) is 1. The average molecular weight is 404 g/mol. The van der Waals surface area contributed by atoms with Gasteiger partial charge < -0.3 is 9.55 Å². The molecule has 1 heterocycles. The van der Waals surface area contributed by atoms with E-state index >= 15 is 0 Å². The third-order valence-corrected chi connectivity index (χ3v) is 5.57. The molecule has 1 aliphatic rings. The monoisotopic (exact) mass is 404 g/mol. The van der Waals surface area contributed by atoms with Crippen molar-refractivity contribution in [1.82, 2.24) is 9.55 Å². The number of H-pyrrole nitrogens is 1. The summed E-state index contributed by atoms with van der Waals surface area (Å²) >= 11 is 7.45. The molecule has 0 unspecified atom stereocenters. The predicted molar refractivity (Wildman–Crippen MR) is 91.0 cm³/mol. The number of imidazole rings is 1. The Balaban J connectivity index is 2.04. The minimum atomic E-state index is -0.172. The van der Waals surface area contributed by atoms with Gasteiger partial charge in [-0.15, -0.1) is 0 Å². The Morgan fingerprint density at radius 2 is 2.05 bits per heavy atom. The van der Waals surface area contributed by atoms with Gasteiger partial charge in [0, 0.05) is 12.6 Å². The van der Waals surface area contributed by atoms with Gasteiger partial charge in [-0.1, -0.05) is 26.2 Å². The molecule has 1 fully saturated rings. The van der Waals surface area contributed by atoms with E-state index < -0.39 is 0 Å². The summed E-state index contributed by atoms with van der Waals surface area (Å²) in [5.41, 5.74) is 2.10. The average Bonchev–Trinajstić information content (AvgIpc) is 2.67. The molecule has 0 aliphatic heterocycles. The number of aromatic amines is 1. The fraction of sp³-hybridized carbons (Fsp3) is 0.533. The Morgan fingerprint density at radius 3 is 2.75 bits per heavy atom. The van der Waals surface area contributed by atoms with E-state index in [1.54, 1.807) is 6.07 Å². The minimum Gasteiger partial charge on any atom is -0.331 e. The van der Waals surface area contributed by atoms with Crippen LogP contribution in [0.25, 0.3) is 11.0 Å². The van der Waals surface area contributed by atoms with Crippen LogP contribution in [0.5, 0.6) is 0 Å². The summed E-state index contributed by atoms with van der Waals surface area (Å²) in [5, 5.41) is 0. The highest BCUT2D eigenvalue weighted by molar-refractivity contribution is 14.1. The summed E-state index contributed by atoms with van der Waals surface area (Å²) in [6.07, 6.45) is 6.38. The number of rotatable bonds is 2. The molecule has 0 atom stereocenters.